The zero-order valence-electron chi connectivity index (χ0n) is 19.0. The number of nitrogens with one attached hydrogen (secondary N) is 2. The van der Waals surface area contributed by atoms with Crippen LogP contribution in [0.15, 0.2) is 54.6 Å². The number of imide groups is 1. The van der Waals surface area contributed by atoms with Gasteiger partial charge in [-0.05, 0) is 39.0 Å². The summed E-state index contributed by atoms with van der Waals surface area (Å²) in [6, 6.07) is 11.8. The minimum absolute atomic E-state index is 0.0152. The van der Waals surface area contributed by atoms with E-state index < -0.39 is 41.6 Å². The van der Waals surface area contributed by atoms with E-state index in [1.165, 1.54) is 19.1 Å². The average molecular weight is 489 g/mol. The number of nitrogens with zero attached hydrogens (tertiary/aromatic N) is 3. The Morgan fingerprint density at radius 2 is 1.69 bits per heavy atom. The van der Waals surface area contributed by atoms with Crippen LogP contribution in [0.1, 0.15) is 37.0 Å². The molecule has 2 N–H and O–H groups in total. The molecule has 1 heterocycles. The number of amides is 3. The molecule has 3 aromatic rings. The highest BCUT2D eigenvalue weighted by atomic mass is 19.4. The number of benzene rings is 2. The maximum Gasteiger partial charge on any atom is 0.416 e. The summed E-state index contributed by atoms with van der Waals surface area (Å²) in [5.74, 6) is -2.37. The van der Waals surface area contributed by atoms with E-state index in [0.29, 0.717) is 5.56 Å². The van der Waals surface area contributed by atoms with E-state index in [1.54, 1.807) is 44.2 Å². The highest BCUT2D eigenvalue weighted by Gasteiger charge is 2.31. The topological polar surface area (TPSA) is 115 Å². The van der Waals surface area contributed by atoms with Crippen LogP contribution < -0.4 is 10.6 Å². The van der Waals surface area contributed by atoms with Gasteiger partial charge in [-0.3, -0.25) is 10.1 Å². The zero-order valence-corrected chi connectivity index (χ0v) is 19.0. The Kier molecular flexibility index (Phi) is 7.52. The first kappa shape index (κ1) is 25.4. The first-order chi connectivity index (χ1) is 16.5. The number of hydrogen-bond acceptors (Lipinski definition) is 6. The molecular weight excluding hydrogens is 467 g/mol. The van der Waals surface area contributed by atoms with Gasteiger partial charge in [-0.2, -0.15) is 13.2 Å². The van der Waals surface area contributed by atoms with Gasteiger partial charge >= 0.3 is 18.2 Å². The monoisotopic (exact) mass is 489 g/mol. The van der Waals surface area contributed by atoms with E-state index in [0.717, 1.165) is 16.8 Å². The predicted molar refractivity (Wildman–Crippen MR) is 118 cm³/mol. The lowest BCUT2D eigenvalue weighted by atomic mass is 10.2. The van der Waals surface area contributed by atoms with E-state index in [-0.39, 0.29) is 17.6 Å². The van der Waals surface area contributed by atoms with E-state index in [9.17, 15) is 27.6 Å². The van der Waals surface area contributed by atoms with Crippen molar-refractivity contribution >= 4 is 17.9 Å². The van der Waals surface area contributed by atoms with Gasteiger partial charge in [-0.15, -0.1) is 5.10 Å². The molecule has 2 aromatic carbocycles. The molecule has 184 valence electrons. The van der Waals surface area contributed by atoms with Crippen molar-refractivity contribution in [3.63, 3.8) is 0 Å². The van der Waals surface area contributed by atoms with Gasteiger partial charge < -0.3 is 10.1 Å². The molecule has 3 amide bonds. The second-order valence-electron chi connectivity index (χ2n) is 7.75. The summed E-state index contributed by atoms with van der Waals surface area (Å²) in [5, 5.41) is 8.54. The predicted octanol–water partition coefficient (Wildman–Crippen LogP) is 3.73. The van der Waals surface area contributed by atoms with Crippen molar-refractivity contribution in [2.75, 3.05) is 0 Å². The summed E-state index contributed by atoms with van der Waals surface area (Å²) in [6.07, 6.45) is -5.96. The van der Waals surface area contributed by atoms with Crippen molar-refractivity contribution in [2.45, 2.75) is 39.1 Å². The Morgan fingerprint density at radius 1 is 1.00 bits per heavy atom. The quantitative estimate of drug-likeness (QED) is 0.510. The average Bonchev–Trinajstić information content (AvgIpc) is 3.24. The molecule has 0 fully saturated rings. The Hall–Kier alpha value is -4.22. The second-order valence-corrected chi connectivity index (χ2v) is 7.75. The molecule has 0 aliphatic heterocycles. The van der Waals surface area contributed by atoms with Crippen molar-refractivity contribution in [3.05, 3.63) is 66.0 Å². The van der Waals surface area contributed by atoms with Gasteiger partial charge in [0.25, 0.3) is 11.7 Å². The third-order valence-corrected chi connectivity index (χ3v) is 4.55. The minimum Gasteiger partial charge on any atom is -0.447 e. The molecule has 0 spiro atoms. The molecule has 0 radical (unpaired) electrons. The van der Waals surface area contributed by atoms with E-state index >= 15 is 0 Å². The van der Waals surface area contributed by atoms with Crippen LogP contribution in [-0.2, 0) is 15.7 Å². The summed E-state index contributed by atoms with van der Waals surface area (Å²) in [6.45, 7) is 4.65. The number of rotatable bonds is 6. The Bertz CT molecular complexity index is 1230. The number of halogens is 3. The van der Waals surface area contributed by atoms with Crippen LogP contribution in [0.5, 0.6) is 0 Å². The lowest BCUT2D eigenvalue weighted by Gasteiger charge is -2.13. The Labute approximate surface area is 198 Å². The summed E-state index contributed by atoms with van der Waals surface area (Å²) in [4.78, 5) is 40.6. The van der Waals surface area contributed by atoms with Crippen LogP contribution in [0.3, 0.4) is 0 Å². The molecule has 1 unspecified atom stereocenters. The van der Waals surface area contributed by atoms with Crippen molar-refractivity contribution in [3.8, 4) is 17.1 Å². The van der Waals surface area contributed by atoms with Crippen LogP contribution in [0.25, 0.3) is 17.1 Å². The SMILES string of the molecule is CC(C)NC(=O)NC(=O)C(C)OC(=O)c1nc(-c2ccccc2)n(-c2cccc(C(F)(F)F)c2)n1. The molecule has 0 saturated heterocycles. The fourth-order valence-corrected chi connectivity index (χ4v) is 2.95. The molecule has 12 heteroatoms. The highest BCUT2D eigenvalue weighted by molar-refractivity contribution is 5.98. The summed E-state index contributed by atoms with van der Waals surface area (Å²) in [5.41, 5.74) is -0.410. The minimum atomic E-state index is -4.59. The van der Waals surface area contributed by atoms with Gasteiger partial charge in [0.1, 0.15) is 0 Å². The number of alkyl halides is 3. The van der Waals surface area contributed by atoms with Crippen LogP contribution >= 0.6 is 0 Å². The third kappa shape index (κ3) is 6.43. The van der Waals surface area contributed by atoms with E-state index in [2.05, 4.69) is 15.4 Å². The smallest absolute Gasteiger partial charge is 0.416 e. The maximum atomic E-state index is 13.2. The fourth-order valence-electron chi connectivity index (χ4n) is 2.95. The largest absolute Gasteiger partial charge is 0.447 e. The lowest BCUT2D eigenvalue weighted by molar-refractivity contribution is -0.137. The number of ether oxygens (including phenoxy) is 1. The van der Waals surface area contributed by atoms with E-state index in [4.69, 9.17) is 4.74 Å². The van der Waals surface area contributed by atoms with Gasteiger partial charge in [0.15, 0.2) is 11.9 Å². The molecule has 0 aliphatic rings. The van der Waals surface area contributed by atoms with Crippen LogP contribution in [0, 0.1) is 0 Å². The van der Waals surface area contributed by atoms with Gasteiger partial charge in [0.05, 0.1) is 11.3 Å². The molecule has 1 aromatic heterocycles. The summed E-state index contributed by atoms with van der Waals surface area (Å²) in [7, 11) is 0. The molecular formula is C23H22F3N5O4. The molecule has 0 bridgehead atoms. The standard InChI is InChI=1S/C23H22F3N5O4/c1-13(2)27-22(34)29-20(32)14(3)35-21(33)18-28-19(15-8-5-4-6-9-15)31(30-18)17-11-7-10-16(12-17)23(24,25)26/h4-14H,1-3H3,(H2,27,29,32,34). The number of hydrogen-bond donors (Lipinski definition) is 2. The normalized spacial score (nSPS) is 12.2. The van der Waals surface area contributed by atoms with Gasteiger partial charge in [0, 0.05) is 11.6 Å². The molecule has 9 nitrogen and oxygen atoms in total. The third-order valence-electron chi connectivity index (χ3n) is 4.55. The van der Waals surface area contributed by atoms with Crippen LogP contribution in [0.2, 0.25) is 0 Å². The van der Waals surface area contributed by atoms with Crippen LogP contribution in [-0.4, -0.2) is 44.8 Å². The summed E-state index contributed by atoms with van der Waals surface area (Å²) < 4.78 is 45.9. The molecule has 0 aliphatic carbocycles. The van der Waals surface area contributed by atoms with Gasteiger partial charge in [-0.25, -0.2) is 19.3 Å². The van der Waals surface area contributed by atoms with Gasteiger partial charge in [-0.1, -0.05) is 36.4 Å². The molecule has 1 atom stereocenters. The molecule has 0 saturated carbocycles. The first-order valence-electron chi connectivity index (χ1n) is 10.5. The number of urea groups is 1. The maximum absolute atomic E-state index is 13.2. The Balaban J connectivity index is 1.90. The van der Waals surface area contributed by atoms with Crippen molar-refractivity contribution in [1.82, 2.24) is 25.4 Å². The number of carbonyl (C=O) groups is 3. The lowest BCUT2D eigenvalue weighted by Crippen LogP contribution is -2.46. The Morgan fingerprint density at radius 3 is 2.31 bits per heavy atom. The number of aromatic nitrogens is 3. The zero-order chi connectivity index (χ0) is 25.8. The first-order valence-corrected chi connectivity index (χ1v) is 10.5. The second kappa shape index (κ2) is 10.4. The summed E-state index contributed by atoms with van der Waals surface area (Å²) >= 11 is 0. The molecule has 3 rings (SSSR count). The molecule has 35 heavy (non-hydrogen) atoms. The van der Waals surface area contributed by atoms with Crippen molar-refractivity contribution < 1.29 is 32.3 Å². The van der Waals surface area contributed by atoms with Crippen LogP contribution in [0.4, 0.5) is 18.0 Å². The highest BCUT2D eigenvalue weighted by Crippen LogP contribution is 2.31. The van der Waals surface area contributed by atoms with Gasteiger partial charge in [0.2, 0.25) is 0 Å². The number of carbonyl (C=O) groups excluding carboxylic acids is 3. The van der Waals surface area contributed by atoms with Crippen molar-refractivity contribution in [1.29, 1.82) is 0 Å². The number of esters is 1. The van der Waals surface area contributed by atoms with Crippen molar-refractivity contribution in [2.24, 2.45) is 0 Å². The van der Waals surface area contributed by atoms with E-state index in [1.807, 2.05) is 5.32 Å². The fraction of sp³-hybridized carbons (Fsp3) is 0.261.